The van der Waals surface area contributed by atoms with Crippen LogP contribution in [0.15, 0.2) is 22.7 Å². The molecule has 1 aromatic carbocycles. The summed E-state index contributed by atoms with van der Waals surface area (Å²) in [6, 6.07) is 4.85. The topological polar surface area (TPSA) is 12.0 Å². The van der Waals surface area contributed by atoms with Gasteiger partial charge in [-0.25, -0.2) is 0 Å². The maximum Gasteiger partial charge on any atom is 0.391 e. The molecule has 0 aliphatic heterocycles. The van der Waals surface area contributed by atoms with Crippen molar-refractivity contribution in [2.45, 2.75) is 32.5 Å². The van der Waals surface area contributed by atoms with Crippen molar-refractivity contribution in [3.05, 3.63) is 28.2 Å². The average molecular weight is 296 g/mol. The fourth-order valence-electron chi connectivity index (χ4n) is 1.40. The Morgan fingerprint density at radius 1 is 1.38 bits per heavy atom. The van der Waals surface area contributed by atoms with Gasteiger partial charge in [0, 0.05) is 16.2 Å². The molecule has 0 heterocycles. The number of aryl methyl sites for hydroxylation is 1. The van der Waals surface area contributed by atoms with Crippen LogP contribution in [0, 0.1) is 6.92 Å². The summed E-state index contributed by atoms with van der Waals surface area (Å²) in [5, 5.41) is 2.83. The lowest BCUT2D eigenvalue weighted by molar-refractivity contribution is -0.136. The second-order valence-electron chi connectivity index (χ2n) is 3.85. The van der Waals surface area contributed by atoms with Gasteiger partial charge in [0.05, 0.1) is 6.42 Å². The largest absolute Gasteiger partial charge is 0.391 e. The maximum absolute atomic E-state index is 12.1. The van der Waals surface area contributed by atoms with Crippen LogP contribution in [-0.4, -0.2) is 12.2 Å². The van der Waals surface area contributed by atoms with E-state index in [1.165, 1.54) is 6.92 Å². The molecule has 0 radical (unpaired) electrons. The van der Waals surface area contributed by atoms with Crippen molar-refractivity contribution in [2.24, 2.45) is 0 Å². The second-order valence-corrected chi connectivity index (χ2v) is 4.70. The Hall–Kier alpha value is -0.710. The molecule has 0 aliphatic rings. The van der Waals surface area contributed by atoms with E-state index in [0.29, 0.717) is 5.69 Å². The predicted molar refractivity (Wildman–Crippen MR) is 62.6 cm³/mol. The summed E-state index contributed by atoms with van der Waals surface area (Å²) in [6.07, 6.45) is -4.98. The molecule has 0 aliphatic carbocycles. The molecule has 0 saturated heterocycles. The molecule has 1 atom stereocenters. The van der Waals surface area contributed by atoms with Gasteiger partial charge in [-0.1, -0.05) is 6.07 Å². The normalized spacial score (nSPS) is 13.6. The molecule has 1 unspecified atom stereocenters. The van der Waals surface area contributed by atoms with Gasteiger partial charge >= 0.3 is 6.18 Å². The Morgan fingerprint density at radius 2 is 2.00 bits per heavy atom. The van der Waals surface area contributed by atoms with Crippen molar-refractivity contribution in [3.63, 3.8) is 0 Å². The summed E-state index contributed by atoms with van der Waals surface area (Å²) in [4.78, 5) is 0. The fraction of sp³-hybridized carbons (Fsp3) is 0.455. The Morgan fingerprint density at radius 3 is 2.50 bits per heavy atom. The number of anilines is 1. The van der Waals surface area contributed by atoms with Crippen LogP contribution in [0.5, 0.6) is 0 Å². The van der Waals surface area contributed by atoms with E-state index >= 15 is 0 Å². The molecule has 1 nitrogen and oxygen atoms in total. The number of alkyl halides is 3. The third-order valence-corrected chi connectivity index (χ3v) is 2.72. The molecule has 0 amide bonds. The highest BCUT2D eigenvalue weighted by Gasteiger charge is 2.30. The zero-order valence-corrected chi connectivity index (χ0v) is 10.6. The van der Waals surface area contributed by atoms with Gasteiger partial charge in [-0.15, -0.1) is 0 Å². The van der Waals surface area contributed by atoms with Crippen molar-refractivity contribution in [2.75, 3.05) is 5.32 Å². The molecule has 90 valence electrons. The van der Waals surface area contributed by atoms with Crippen molar-refractivity contribution in [1.82, 2.24) is 0 Å². The van der Waals surface area contributed by atoms with Gasteiger partial charge in [-0.2, -0.15) is 13.2 Å². The average Bonchev–Trinajstić information content (AvgIpc) is 2.06. The quantitative estimate of drug-likeness (QED) is 0.865. The predicted octanol–water partition coefficient (Wildman–Crippen LogP) is 4.51. The van der Waals surface area contributed by atoms with E-state index in [-0.39, 0.29) is 0 Å². The summed E-state index contributed by atoms with van der Waals surface area (Å²) in [5.74, 6) is 0. The number of benzene rings is 1. The zero-order chi connectivity index (χ0) is 12.3. The summed E-state index contributed by atoms with van der Waals surface area (Å²) in [6.45, 7) is 3.44. The van der Waals surface area contributed by atoms with Gasteiger partial charge in [0.15, 0.2) is 0 Å². The second kappa shape index (κ2) is 5.08. The van der Waals surface area contributed by atoms with E-state index in [1.54, 1.807) is 6.07 Å². The standard InChI is InChI=1S/C11H13BrF3N/c1-7-3-4-10(9(12)5-7)16-8(2)6-11(13,14)15/h3-5,8,16H,6H2,1-2H3. The summed E-state index contributed by atoms with van der Waals surface area (Å²) in [5.41, 5.74) is 1.74. The number of rotatable bonds is 3. The highest BCUT2D eigenvalue weighted by molar-refractivity contribution is 9.10. The third-order valence-electron chi connectivity index (χ3n) is 2.06. The van der Waals surface area contributed by atoms with E-state index in [1.807, 2.05) is 19.1 Å². The highest BCUT2D eigenvalue weighted by Crippen LogP contribution is 2.27. The number of hydrogen-bond donors (Lipinski definition) is 1. The van der Waals surface area contributed by atoms with E-state index in [4.69, 9.17) is 0 Å². The minimum atomic E-state index is -4.14. The lowest BCUT2D eigenvalue weighted by Crippen LogP contribution is -2.24. The first kappa shape index (κ1) is 13.4. The van der Waals surface area contributed by atoms with E-state index < -0.39 is 18.6 Å². The maximum atomic E-state index is 12.1. The van der Waals surface area contributed by atoms with Crippen molar-refractivity contribution in [3.8, 4) is 0 Å². The van der Waals surface area contributed by atoms with Crippen LogP contribution in [0.3, 0.4) is 0 Å². The molecule has 1 rings (SSSR count). The number of hydrogen-bond acceptors (Lipinski definition) is 1. The molecule has 5 heteroatoms. The van der Waals surface area contributed by atoms with Gasteiger partial charge in [0.2, 0.25) is 0 Å². The van der Waals surface area contributed by atoms with Crippen molar-refractivity contribution < 1.29 is 13.2 Å². The van der Waals surface area contributed by atoms with Gasteiger partial charge < -0.3 is 5.32 Å². The third kappa shape index (κ3) is 4.43. The van der Waals surface area contributed by atoms with E-state index in [9.17, 15) is 13.2 Å². The summed E-state index contributed by atoms with van der Waals surface area (Å²) in [7, 11) is 0. The fourth-order valence-corrected chi connectivity index (χ4v) is 2.01. The Balaban J connectivity index is 2.66. The Bertz CT molecular complexity index is 363. The minimum Gasteiger partial charge on any atom is -0.381 e. The van der Waals surface area contributed by atoms with Gasteiger partial charge in [-0.3, -0.25) is 0 Å². The van der Waals surface area contributed by atoms with Gasteiger partial charge in [-0.05, 0) is 47.5 Å². The van der Waals surface area contributed by atoms with Crippen LogP contribution in [0.1, 0.15) is 18.9 Å². The molecule has 1 aromatic rings. The minimum absolute atomic E-state index is 0.640. The number of halogens is 4. The Kier molecular flexibility index (Phi) is 4.24. The van der Waals surface area contributed by atoms with E-state index in [2.05, 4.69) is 21.2 Å². The highest BCUT2D eigenvalue weighted by atomic mass is 79.9. The molecule has 0 saturated carbocycles. The van der Waals surface area contributed by atoms with Crippen molar-refractivity contribution >= 4 is 21.6 Å². The van der Waals surface area contributed by atoms with Crippen LogP contribution < -0.4 is 5.32 Å². The zero-order valence-electron chi connectivity index (χ0n) is 9.03. The van der Waals surface area contributed by atoms with Gasteiger partial charge in [0.1, 0.15) is 0 Å². The van der Waals surface area contributed by atoms with Crippen LogP contribution in [0.25, 0.3) is 0 Å². The SMILES string of the molecule is Cc1ccc(NC(C)CC(F)(F)F)c(Br)c1. The number of nitrogens with one attached hydrogen (secondary N) is 1. The summed E-state index contributed by atoms with van der Waals surface area (Å²) >= 11 is 3.31. The first-order chi connectivity index (χ1) is 7.28. The first-order valence-corrected chi connectivity index (χ1v) is 5.66. The van der Waals surface area contributed by atoms with Crippen LogP contribution in [-0.2, 0) is 0 Å². The molecular formula is C11H13BrF3N. The van der Waals surface area contributed by atoms with E-state index in [0.717, 1.165) is 10.0 Å². The molecule has 0 fully saturated rings. The molecule has 0 aromatic heterocycles. The molecule has 16 heavy (non-hydrogen) atoms. The molecule has 0 bridgehead atoms. The lowest BCUT2D eigenvalue weighted by Gasteiger charge is -2.18. The molecule has 1 N–H and O–H groups in total. The Labute approximate surface area is 101 Å². The van der Waals surface area contributed by atoms with Crippen LogP contribution in [0.2, 0.25) is 0 Å². The van der Waals surface area contributed by atoms with Gasteiger partial charge in [0.25, 0.3) is 0 Å². The van der Waals surface area contributed by atoms with Crippen LogP contribution >= 0.6 is 15.9 Å². The summed E-state index contributed by atoms with van der Waals surface area (Å²) < 4.78 is 37.1. The lowest BCUT2D eigenvalue weighted by atomic mass is 10.2. The first-order valence-electron chi connectivity index (χ1n) is 4.87. The smallest absolute Gasteiger partial charge is 0.381 e. The molecular weight excluding hydrogens is 283 g/mol. The monoisotopic (exact) mass is 295 g/mol. The van der Waals surface area contributed by atoms with Crippen LogP contribution in [0.4, 0.5) is 18.9 Å². The molecule has 0 spiro atoms. The van der Waals surface area contributed by atoms with Crippen molar-refractivity contribution in [1.29, 1.82) is 0 Å².